The van der Waals surface area contributed by atoms with E-state index in [1.807, 2.05) is 25.1 Å². The van der Waals surface area contributed by atoms with E-state index < -0.39 is 0 Å². The van der Waals surface area contributed by atoms with Crippen molar-refractivity contribution in [2.24, 2.45) is 0 Å². The molecule has 0 radical (unpaired) electrons. The largest absolute Gasteiger partial charge is 0.308 e. The number of benzene rings is 1. The molecule has 21 heavy (non-hydrogen) atoms. The molecule has 2 aromatic heterocycles. The van der Waals surface area contributed by atoms with Crippen molar-refractivity contribution in [3.63, 3.8) is 0 Å². The number of hydrogen-bond donors (Lipinski definition) is 1. The molecule has 0 saturated heterocycles. The highest BCUT2D eigenvalue weighted by atomic mass is 15.3. The van der Waals surface area contributed by atoms with Crippen LogP contribution in [0.25, 0.3) is 22.3 Å². The Morgan fingerprint density at radius 3 is 3.00 bits per heavy atom. The predicted molar refractivity (Wildman–Crippen MR) is 81.9 cm³/mol. The van der Waals surface area contributed by atoms with Gasteiger partial charge in [0.15, 0.2) is 5.82 Å². The van der Waals surface area contributed by atoms with Crippen molar-refractivity contribution in [3.8, 4) is 11.4 Å². The summed E-state index contributed by atoms with van der Waals surface area (Å²) in [7, 11) is 0. The zero-order valence-corrected chi connectivity index (χ0v) is 12.2. The summed E-state index contributed by atoms with van der Waals surface area (Å²) in [6.07, 6.45) is 0. The van der Waals surface area contributed by atoms with Crippen LogP contribution in [0.4, 0.5) is 0 Å². The molecule has 106 valence electrons. The number of aryl methyl sites for hydroxylation is 1. The highest BCUT2D eigenvalue weighted by Gasteiger charge is 2.23. The number of rotatable bonds is 1. The van der Waals surface area contributed by atoms with Gasteiger partial charge in [-0.2, -0.15) is 0 Å². The summed E-state index contributed by atoms with van der Waals surface area (Å²) in [5, 5.41) is 13.4. The first-order valence-electron chi connectivity index (χ1n) is 7.27. The van der Waals surface area contributed by atoms with Gasteiger partial charge in [-0.1, -0.05) is 18.2 Å². The van der Waals surface area contributed by atoms with E-state index >= 15 is 0 Å². The summed E-state index contributed by atoms with van der Waals surface area (Å²) in [4.78, 5) is 4.60. The maximum atomic E-state index is 4.60. The van der Waals surface area contributed by atoms with E-state index in [-0.39, 0.29) is 6.04 Å². The second-order valence-electron chi connectivity index (χ2n) is 5.54. The Labute approximate surface area is 123 Å². The number of nitrogens with zero attached hydrogens (tertiary/aromatic N) is 4. The summed E-state index contributed by atoms with van der Waals surface area (Å²) < 4.78 is 2.22. The molecule has 1 aliphatic rings. The van der Waals surface area contributed by atoms with Crippen molar-refractivity contribution in [2.45, 2.75) is 26.4 Å². The average Bonchev–Trinajstić information content (AvgIpc) is 2.91. The molecule has 1 unspecified atom stereocenters. The fraction of sp³-hybridized carbons (Fsp3) is 0.312. The van der Waals surface area contributed by atoms with E-state index in [0.29, 0.717) is 0 Å². The van der Waals surface area contributed by atoms with Crippen molar-refractivity contribution in [3.05, 3.63) is 41.9 Å². The summed E-state index contributed by atoms with van der Waals surface area (Å²) >= 11 is 0. The van der Waals surface area contributed by atoms with Gasteiger partial charge in [0, 0.05) is 29.7 Å². The van der Waals surface area contributed by atoms with E-state index in [1.165, 1.54) is 0 Å². The number of para-hydroxylation sites is 1. The zero-order chi connectivity index (χ0) is 14.4. The number of pyridine rings is 1. The number of fused-ring (bicyclic) bond motifs is 2. The van der Waals surface area contributed by atoms with Gasteiger partial charge in [0.2, 0.25) is 0 Å². The van der Waals surface area contributed by atoms with Crippen LogP contribution in [0.3, 0.4) is 0 Å². The zero-order valence-electron chi connectivity index (χ0n) is 12.2. The third-order valence-corrected chi connectivity index (χ3v) is 4.04. The molecule has 1 N–H and O–H groups in total. The highest BCUT2D eigenvalue weighted by Crippen LogP contribution is 2.29. The topological polar surface area (TPSA) is 55.6 Å². The summed E-state index contributed by atoms with van der Waals surface area (Å²) in [6.45, 7) is 5.99. The minimum Gasteiger partial charge on any atom is -0.308 e. The lowest BCUT2D eigenvalue weighted by Crippen LogP contribution is -2.32. The van der Waals surface area contributed by atoms with Crippen molar-refractivity contribution in [2.75, 3.05) is 6.54 Å². The molecule has 1 aliphatic heterocycles. The Morgan fingerprint density at radius 2 is 2.10 bits per heavy atom. The molecule has 1 atom stereocenters. The SMILES string of the molecule is Cc1cc(-c2nnc3n2CCNC3C)c2ccccc2n1. The molecule has 0 saturated carbocycles. The second kappa shape index (κ2) is 4.63. The molecule has 3 aromatic rings. The first-order chi connectivity index (χ1) is 10.2. The maximum absolute atomic E-state index is 4.60. The molecule has 0 spiro atoms. The molecule has 4 rings (SSSR count). The Balaban J connectivity index is 1.99. The van der Waals surface area contributed by atoms with Gasteiger partial charge in [-0.3, -0.25) is 4.98 Å². The first-order valence-corrected chi connectivity index (χ1v) is 7.27. The molecule has 5 nitrogen and oxygen atoms in total. The van der Waals surface area contributed by atoms with E-state index in [2.05, 4.69) is 44.1 Å². The lowest BCUT2D eigenvalue weighted by molar-refractivity contribution is 0.439. The van der Waals surface area contributed by atoms with E-state index in [9.17, 15) is 0 Å². The normalized spacial score (nSPS) is 17.9. The quantitative estimate of drug-likeness (QED) is 0.743. The third-order valence-electron chi connectivity index (χ3n) is 4.04. The maximum Gasteiger partial charge on any atom is 0.164 e. The molecule has 0 amide bonds. The molecule has 1 aromatic carbocycles. The first kappa shape index (κ1) is 12.5. The van der Waals surface area contributed by atoms with Crippen LogP contribution >= 0.6 is 0 Å². The Morgan fingerprint density at radius 1 is 1.24 bits per heavy atom. The van der Waals surface area contributed by atoms with Crippen LogP contribution in [0.2, 0.25) is 0 Å². The fourth-order valence-electron chi connectivity index (χ4n) is 3.03. The van der Waals surface area contributed by atoms with Crippen molar-refractivity contribution < 1.29 is 0 Å². The minimum absolute atomic E-state index is 0.245. The predicted octanol–water partition coefficient (Wildman–Crippen LogP) is 2.47. The third kappa shape index (κ3) is 1.93. The fourth-order valence-corrected chi connectivity index (χ4v) is 3.03. The second-order valence-corrected chi connectivity index (χ2v) is 5.54. The standard InChI is InChI=1S/C16H17N5/c1-10-9-13(12-5-3-4-6-14(12)18-10)16-20-19-15-11(2)17-7-8-21(15)16/h3-6,9,11,17H,7-8H2,1-2H3. The Bertz CT molecular complexity index is 821. The van der Waals surface area contributed by atoms with Crippen LogP contribution in [0, 0.1) is 6.92 Å². The van der Waals surface area contributed by atoms with Crippen LogP contribution in [-0.2, 0) is 6.54 Å². The van der Waals surface area contributed by atoms with Gasteiger partial charge in [-0.15, -0.1) is 10.2 Å². The van der Waals surface area contributed by atoms with Gasteiger partial charge in [0.25, 0.3) is 0 Å². The van der Waals surface area contributed by atoms with Crippen molar-refractivity contribution in [1.82, 2.24) is 25.1 Å². The molecular formula is C16H17N5. The molecule has 0 bridgehead atoms. The molecule has 5 heteroatoms. The van der Waals surface area contributed by atoms with E-state index in [0.717, 1.165) is 46.9 Å². The molecule has 3 heterocycles. The summed E-state index contributed by atoms with van der Waals surface area (Å²) in [6, 6.07) is 10.6. The average molecular weight is 279 g/mol. The van der Waals surface area contributed by atoms with Gasteiger partial charge >= 0.3 is 0 Å². The van der Waals surface area contributed by atoms with Gasteiger partial charge in [0.1, 0.15) is 5.82 Å². The van der Waals surface area contributed by atoms with Gasteiger partial charge in [-0.05, 0) is 26.0 Å². The molecule has 0 aliphatic carbocycles. The highest BCUT2D eigenvalue weighted by molar-refractivity contribution is 5.92. The van der Waals surface area contributed by atoms with Crippen molar-refractivity contribution in [1.29, 1.82) is 0 Å². The van der Waals surface area contributed by atoms with Gasteiger partial charge in [0.05, 0.1) is 11.6 Å². The van der Waals surface area contributed by atoms with Gasteiger partial charge < -0.3 is 9.88 Å². The van der Waals surface area contributed by atoms with Gasteiger partial charge in [-0.25, -0.2) is 0 Å². The molecular weight excluding hydrogens is 262 g/mol. The summed E-state index contributed by atoms with van der Waals surface area (Å²) in [5.74, 6) is 1.95. The smallest absolute Gasteiger partial charge is 0.164 e. The van der Waals surface area contributed by atoms with Crippen LogP contribution in [0.1, 0.15) is 24.5 Å². The number of nitrogens with one attached hydrogen (secondary N) is 1. The lowest BCUT2D eigenvalue weighted by Gasteiger charge is -2.22. The van der Waals surface area contributed by atoms with Crippen LogP contribution < -0.4 is 5.32 Å². The summed E-state index contributed by atoms with van der Waals surface area (Å²) in [5.41, 5.74) is 3.13. The van der Waals surface area contributed by atoms with Crippen LogP contribution in [-0.4, -0.2) is 26.3 Å². The minimum atomic E-state index is 0.245. The Kier molecular flexibility index (Phi) is 2.75. The molecule has 0 fully saturated rings. The van der Waals surface area contributed by atoms with Crippen LogP contribution in [0.5, 0.6) is 0 Å². The van der Waals surface area contributed by atoms with E-state index in [4.69, 9.17) is 0 Å². The number of hydrogen-bond acceptors (Lipinski definition) is 4. The monoisotopic (exact) mass is 279 g/mol. The number of aromatic nitrogens is 4. The van der Waals surface area contributed by atoms with Crippen molar-refractivity contribution >= 4 is 10.9 Å². The van der Waals surface area contributed by atoms with E-state index in [1.54, 1.807) is 0 Å². The van der Waals surface area contributed by atoms with Crippen LogP contribution in [0.15, 0.2) is 30.3 Å². The lowest BCUT2D eigenvalue weighted by atomic mass is 10.1. The Hall–Kier alpha value is -2.27.